The van der Waals surface area contributed by atoms with Crippen LogP contribution in [0.15, 0.2) is 42.5 Å². The third-order valence-corrected chi connectivity index (χ3v) is 7.18. The molecule has 2 aromatic rings. The normalized spacial score (nSPS) is 16.8. The van der Waals surface area contributed by atoms with Crippen LogP contribution in [-0.2, 0) is 4.79 Å². The Morgan fingerprint density at radius 1 is 1.03 bits per heavy atom. The third kappa shape index (κ3) is 8.09. The first kappa shape index (κ1) is 29.7. The number of carbonyl (C=O) groups excluding carboxylic acids is 2. The summed E-state index contributed by atoms with van der Waals surface area (Å²) in [6.45, 7) is 4.70. The van der Waals surface area contributed by atoms with Crippen LogP contribution >= 0.6 is 11.6 Å². The predicted octanol–water partition coefficient (Wildman–Crippen LogP) is 5.87. The summed E-state index contributed by atoms with van der Waals surface area (Å²) in [6, 6.07) is 11.0. The largest absolute Gasteiger partial charge is 0.404 e. The van der Waals surface area contributed by atoms with Crippen LogP contribution in [0, 0.1) is 11.8 Å². The van der Waals surface area contributed by atoms with Gasteiger partial charge in [-0.1, -0.05) is 48.9 Å². The van der Waals surface area contributed by atoms with E-state index in [2.05, 4.69) is 16.8 Å². The van der Waals surface area contributed by atoms with Crippen molar-refractivity contribution in [1.82, 2.24) is 14.8 Å². The van der Waals surface area contributed by atoms with Crippen LogP contribution in [-0.4, -0.2) is 73.6 Å². The number of piperidine rings is 1. The zero-order valence-corrected chi connectivity index (χ0v) is 23.1. The number of hydrogen-bond acceptors (Lipinski definition) is 4. The van der Waals surface area contributed by atoms with E-state index in [1.54, 1.807) is 26.2 Å². The molecule has 208 valence electrons. The molecule has 1 saturated heterocycles. The summed E-state index contributed by atoms with van der Waals surface area (Å²) in [5, 5.41) is 0.287. The fourth-order valence-electron chi connectivity index (χ4n) is 4.35. The van der Waals surface area contributed by atoms with Crippen LogP contribution in [0.2, 0.25) is 5.15 Å². The van der Waals surface area contributed by atoms with Crippen LogP contribution in [0.5, 0.6) is 0 Å². The molecule has 1 aromatic heterocycles. The Bertz CT molecular complexity index is 1090. The first-order valence-corrected chi connectivity index (χ1v) is 13.3. The minimum atomic E-state index is -4.56. The second kappa shape index (κ2) is 12.8. The third-order valence-electron chi connectivity index (χ3n) is 6.89. The molecule has 10 heteroatoms. The zero-order chi connectivity index (χ0) is 28.0. The SMILES string of the molecule is CC1CCN(c2ccc(C(=O)N(C)C)c(Cl)n2)CC1.CN(CC1CC1)C(=O)C(c1ccccc1)C(F)(F)F. The minimum absolute atomic E-state index is 0.00245. The van der Waals surface area contributed by atoms with Gasteiger partial charge in [-0.2, -0.15) is 13.2 Å². The highest BCUT2D eigenvalue weighted by Gasteiger charge is 2.47. The Kier molecular flexibility index (Phi) is 10.0. The molecule has 0 N–H and O–H groups in total. The van der Waals surface area contributed by atoms with Crippen LogP contribution in [0.3, 0.4) is 0 Å². The summed E-state index contributed by atoms with van der Waals surface area (Å²) in [7, 11) is 4.86. The number of halogens is 4. The lowest BCUT2D eigenvalue weighted by atomic mass is 9.97. The average Bonchev–Trinajstić information content (AvgIpc) is 3.68. The van der Waals surface area contributed by atoms with E-state index in [4.69, 9.17) is 11.6 Å². The molecular formula is C28H36ClF3N4O2. The van der Waals surface area contributed by atoms with E-state index in [9.17, 15) is 22.8 Å². The fraction of sp³-hybridized carbons (Fsp3) is 0.536. The molecule has 38 heavy (non-hydrogen) atoms. The number of hydrogen-bond donors (Lipinski definition) is 0. The molecule has 1 saturated carbocycles. The lowest BCUT2D eigenvalue weighted by Gasteiger charge is -2.31. The number of likely N-dealkylation sites (N-methyl/N-ethyl adjacent to an activating group) is 1. The molecule has 6 nitrogen and oxygen atoms in total. The average molecular weight is 553 g/mol. The molecule has 2 amide bonds. The highest BCUT2D eigenvalue weighted by molar-refractivity contribution is 6.32. The van der Waals surface area contributed by atoms with Crippen molar-refractivity contribution < 1.29 is 22.8 Å². The second-order valence-electron chi connectivity index (χ2n) is 10.4. The molecule has 1 aliphatic heterocycles. The lowest BCUT2D eigenvalue weighted by molar-refractivity contribution is -0.171. The molecule has 2 fully saturated rings. The Balaban J connectivity index is 0.000000211. The number of anilines is 1. The van der Waals surface area contributed by atoms with Gasteiger partial charge >= 0.3 is 6.18 Å². The Labute approximate surface area is 227 Å². The number of pyridine rings is 1. The lowest BCUT2D eigenvalue weighted by Crippen LogP contribution is -2.39. The molecule has 1 atom stereocenters. The molecule has 0 spiro atoms. The van der Waals surface area contributed by atoms with Gasteiger partial charge in [-0.15, -0.1) is 0 Å². The highest BCUT2D eigenvalue weighted by atomic mass is 35.5. The van der Waals surface area contributed by atoms with E-state index in [1.165, 1.54) is 54.0 Å². The fourth-order valence-corrected chi connectivity index (χ4v) is 4.58. The molecular weight excluding hydrogens is 517 g/mol. The quantitative estimate of drug-likeness (QED) is 0.420. The topological polar surface area (TPSA) is 56.8 Å². The zero-order valence-electron chi connectivity index (χ0n) is 22.3. The summed E-state index contributed by atoms with van der Waals surface area (Å²) in [5.41, 5.74) is 0.462. The monoisotopic (exact) mass is 552 g/mol. The summed E-state index contributed by atoms with van der Waals surface area (Å²) in [5.74, 6) is -1.02. The Hall–Kier alpha value is -2.81. The standard InChI is InChI=1S/C14H20ClN3O.C14H16F3NO/c1-10-6-8-18(9-7-10)12-5-4-11(13(15)16-12)14(19)17(2)3;1-18(9-10-7-8-10)13(19)12(14(15,16)17)11-5-3-2-4-6-11/h4-5,10H,6-9H2,1-3H3;2-6,10,12H,7-9H2,1H3. The Morgan fingerprint density at radius 2 is 1.63 bits per heavy atom. The van der Waals surface area contributed by atoms with Gasteiger partial charge in [0.1, 0.15) is 11.0 Å². The molecule has 1 unspecified atom stereocenters. The van der Waals surface area contributed by atoms with Gasteiger partial charge < -0.3 is 14.7 Å². The van der Waals surface area contributed by atoms with Gasteiger partial charge in [-0.05, 0) is 55.2 Å². The minimum Gasteiger partial charge on any atom is -0.357 e. The van der Waals surface area contributed by atoms with Crippen molar-refractivity contribution >= 4 is 29.2 Å². The number of aromatic nitrogens is 1. The molecule has 0 bridgehead atoms. The van der Waals surface area contributed by atoms with E-state index in [0.717, 1.165) is 37.7 Å². The van der Waals surface area contributed by atoms with Crippen molar-refractivity contribution in [2.45, 2.75) is 44.7 Å². The molecule has 1 aliphatic carbocycles. The number of benzene rings is 1. The van der Waals surface area contributed by atoms with Gasteiger partial charge in [0, 0.05) is 40.8 Å². The second-order valence-corrected chi connectivity index (χ2v) is 10.8. The van der Waals surface area contributed by atoms with E-state index >= 15 is 0 Å². The maximum absolute atomic E-state index is 13.1. The Morgan fingerprint density at radius 3 is 2.13 bits per heavy atom. The first-order valence-electron chi connectivity index (χ1n) is 12.9. The van der Waals surface area contributed by atoms with Gasteiger partial charge in [0.05, 0.1) is 5.56 Å². The van der Waals surface area contributed by atoms with Crippen molar-refractivity contribution in [3.63, 3.8) is 0 Å². The summed E-state index contributed by atoms with van der Waals surface area (Å²) in [6.07, 6.45) is -0.203. The van der Waals surface area contributed by atoms with Gasteiger partial charge in [0.25, 0.3) is 5.91 Å². The van der Waals surface area contributed by atoms with Crippen molar-refractivity contribution in [1.29, 1.82) is 0 Å². The van der Waals surface area contributed by atoms with Crippen LogP contribution in [0.4, 0.5) is 19.0 Å². The van der Waals surface area contributed by atoms with Crippen LogP contribution in [0.1, 0.15) is 54.4 Å². The van der Waals surface area contributed by atoms with Crippen molar-refractivity contribution in [2.24, 2.45) is 11.8 Å². The maximum atomic E-state index is 13.1. The van der Waals surface area contributed by atoms with E-state index in [0.29, 0.717) is 18.0 Å². The van der Waals surface area contributed by atoms with E-state index < -0.39 is 18.0 Å². The van der Waals surface area contributed by atoms with Gasteiger partial charge in [0.2, 0.25) is 5.91 Å². The van der Waals surface area contributed by atoms with Crippen LogP contribution < -0.4 is 4.90 Å². The molecule has 0 radical (unpaired) electrons. The van der Waals surface area contributed by atoms with Gasteiger partial charge in [0.15, 0.2) is 5.92 Å². The summed E-state index contributed by atoms with van der Waals surface area (Å²) < 4.78 is 39.4. The molecule has 1 aromatic carbocycles. The number of amides is 2. The number of carbonyl (C=O) groups is 2. The van der Waals surface area contributed by atoms with Gasteiger partial charge in [-0.3, -0.25) is 9.59 Å². The van der Waals surface area contributed by atoms with Crippen molar-refractivity contribution in [3.05, 3.63) is 58.7 Å². The van der Waals surface area contributed by atoms with Crippen molar-refractivity contribution in [3.8, 4) is 0 Å². The van der Waals surface area contributed by atoms with Crippen LogP contribution in [0.25, 0.3) is 0 Å². The van der Waals surface area contributed by atoms with E-state index in [1.807, 2.05) is 6.07 Å². The van der Waals surface area contributed by atoms with Crippen molar-refractivity contribution in [2.75, 3.05) is 45.7 Å². The maximum Gasteiger partial charge on any atom is 0.404 e. The first-order chi connectivity index (χ1) is 17.9. The summed E-state index contributed by atoms with van der Waals surface area (Å²) in [4.78, 5) is 33.3. The smallest absolute Gasteiger partial charge is 0.357 e. The number of alkyl halides is 3. The number of nitrogens with zero attached hydrogens (tertiary/aromatic N) is 4. The predicted molar refractivity (Wildman–Crippen MR) is 143 cm³/mol. The number of rotatable bonds is 6. The van der Waals surface area contributed by atoms with E-state index in [-0.39, 0.29) is 16.6 Å². The molecule has 2 heterocycles. The molecule has 4 rings (SSSR count). The van der Waals surface area contributed by atoms with Gasteiger partial charge in [-0.25, -0.2) is 4.98 Å². The highest BCUT2D eigenvalue weighted by Crippen LogP contribution is 2.37. The summed E-state index contributed by atoms with van der Waals surface area (Å²) >= 11 is 6.13. The molecule has 2 aliphatic rings.